The van der Waals surface area contributed by atoms with Crippen molar-refractivity contribution in [2.75, 3.05) is 6.61 Å². The van der Waals surface area contributed by atoms with Crippen LogP contribution in [0.3, 0.4) is 0 Å². The number of ether oxygens (including phenoxy) is 1. The molecule has 2 rings (SSSR count). The SMILES string of the molecule is Cc1cc(Cl)ccc1OCC(=O)NNC(=O)c1ccc([N+](=O)[O-])c(C)c1. The molecule has 0 unspecified atom stereocenters. The van der Waals surface area contributed by atoms with Gasteiger partial charge in [0.1, 0.15) is 5.75 Å². The number of nitrogens with zero attached hydrogens (tertiary/aromatic N) is 1. The number of amides is 2. The number of nitro groups is 1. The molecule has 0 bridgehead atoms. The number of benzene rings is 2. The van der Waals surface area contributed by atoms with E-state index in [4.69, 9.17) is 16.3 Å². The minimum atomic E-state index is -0.598. The van der Waals surface area contributed by atoms with E-state index in [1.54, 1.807) is 25.1 Å². The Morgan fingerprint density at radius 2 is 1.85 bits per heavy atom. The molecule has 0 aromatic heterocycles. The molecule has 9 heteroatoms. The molecule has 2 amide bonds. The number of aryl methyl sites for hydroxylation is 2. The molecule has 0 spiro atoms. The molecule has 26 heavy (non-hydrogen) atoms. The third-order valence-corrected chi connectivity index (χ3v) is 3.70. The molecule has 8 nitrogen and oxygen atoms in total. The summed E-state index contributed by atoms with van der Waals surface area (Å²) in [6.45, 7) is 3.01. The number of nitro benzene ring substituents is 1. The Labute approximate surface area is 154 Å². The van der Waals surface area contributed by atoms with Crippen LogP contribution in [0.15, 0.2) is 36.4 Å². The van der Waals surface area contributed by atoms with Crippen LogP contribution in [0.2, 0.25) is 5.02 Å². The lowest BCUT2D eigenvalue weighted by Crippen LogP contribution is -2.43. The molecule has 0 aliphatic carbocycles. The van der Waals surface area contributed by atoms with Crippen molar-refractivity contribution in [2.45, 2.75) is 13.8 Å². The second kappa shape index (κ2) is 8.30. The van der Waals surface area contributed by atoms with Gasteiger partial charge in [-0.15, -0.1) is 0 Å². The summed E-state index contributed by atoms with van der Waals surface area (Å²) < 4.78 is 5.36. The normalized spacial score (nSPS) is 10.1. The number of rotatable bonds is 5. The average Bonchev–Trinajstić information content (AvgIpc) is 2.58. The summed E-state index contributed by atoms with van der Waals surface area (Å²) in [5.41, 5.74) is 5.65. The average molecular weight is 378 g/mol. The molecule has 0 atom stereocenters. The lowest BCUT2D eigenvalue weighted by molar-refractivity contribution is -0.385. The van der Waals surface area contributed by atoms with Gasteiger partial charge in [-0.25, -0.2) is 0 Å². The van der Waals surface area contributed by atoms with Crippen molar-refractivity contribution in [3.8, 4) is 5.75 Å². The molecule has 136 valence electrons. The fourth-order valence-corrected chi connectivity index (χ4v) is 2.38. The van der Waals surface area contributed by atoms with Gasteiger partial charge in [0.15, 0.2) is 6.61 Å². The van der Waals surface area contributed by atoms with Gasteiger partial charge in [-0.3, -0.25) is 30.6 Å². The molecule has 0 aliphatic rings. The Morgan fingerprint density at radius 3 is 2.46 bits per heavy atom. The minimum absolute atomic E-state index is 0.0858. The van der Waals surface area contributed by atoms with E-state index in [1.807, 2.05) is 0 Å². The quantitative estimate of drug-likeness (QED) is 0.614. The zero-order valence-electron chi connectivity index (χ0n) is 14.0. The van der Waals surface area contributed by atoms with Gasteiger partial charge in [0, 0.05) is 22.2 Å². The fourth-order valence-electron chi connectivity index (χ4n) is 2.15. The van der Waals surface area contributed by atoms with E-state index in [1.165, 1.54) is 25.1 Å². The van der Waals surface area contributed by atoms with Crippen LogP contribution in [0, 0.1) is 24.0 Å². The number of carbonyl (C=O) groups excluding carboxylic acids is 2. The molecule has 0 heterocycles. The Hall–Kier alpha value is -3.13. The van der Waals surface area contributed by atoms with E-state index in [9.17, 15) is 19.7 Å². The summed E-state index contributed by atoms with van der Waals surface area (Å²) in [6.07, 6.45) is 0. The molecule has 2 N–H and O–H groups in total. The molecule has 0 fully saturated rings. The van der Waals surface area contributed by atoms with Gasteiger partial charge in [0.05, 0.1) is 4.92 Å². The Morgan fingerprint density at radius 1 is 1.12 bits per heavy atom. The highest BCUT2D eigenvalue weighted by atomic mass is 35.5. The fraction of sp³-hybridized carbons (Fsp3) is 0.176. The van der Waals surface area contributed by atoms with Crippen molar-refractivity contribution in [2.24, 2.45) is 0 Å². The van der Waals surface area contributed by atoms with Crippen LogP contribution in [-0.2, 0) is 4.79 Å². The largest absolute Gasteiger partial charge is 0.483 e. The summed E-state index contributed by atoms with van der Waals surface area (Å²) in [5, 5.41) is 11.3. The van der Waals surface area contributed by atoms with E-state index in [-0.39, 0.29) is 17.9 Å². The summed E-state index contributed by atoms with van der Waals surface area (Å²) in [7, 11) is 0. The second-order valence-corrected chi connectivity index (χ2v) is 5.90. The highest BCUT2D eigenvalue weighted by Gasteiger charge is 2.14. The number of hydrogen-bond donors (Lipinski definition) is 2. The Bertz CT molecular complexity index is 869. The zero-order valence-corrected chi connectivity index (χ0v) is 14.8. The van der Waals surface area contributed by atoms with Gasteiger partial charge < -0.3 is 4.74 Å². The van der Waals surface area contributed by atoms with Crippen molar-refractivity contribution in [3.05, 3.63) is 68.2 Å². The zero-order chi connectivity index (χ0) is 19.3. The maximum absolute atomic E-state index is 12.0. The lowest BCUT2D eigenvalue weighted by Gasteiger charge is -2.11. The lowest BCUT2D eigenvalue weighted by atomic mass is 10.1. The first-order chi connectivity index (χ1) is 12.3. The van der Waals surface area contributed by atoms with Gasteiger partial charge in [-0.05, 0) is 49.7 Å². The van der Waals surface area contributed by atoms with Crippen molar-refractivity contribution in [1.29, 1.82) is 0 Å². The van der Waals surface area contributed by atoms with Crippen LogP contribution >= 0.6 is 11.6 Å². The van der Waals surface area contributed by atoms with E-state index < -0.39 is 16.7 Å². The van der Waals surface area contributed by atoms with Crippen molar-refractivity contribution in [1.82, 2.24) is 10.9 Å². The summed E-state index contributed by atoms with van der Waals surface area (Å²) in [4.78, 5) is 34.0. The number of carbonyl (C=O) groups is 2. The van der Waals surface area contributed by atoms with Crippen LogP contribution in [0.5, 0.6) is 5.75 Å². The van der Waals surface area contributed by atoms with Crippen molar-refractivity contribution < 1.29 is 19.2 Å². The number of hydrogen-bond acceptors (Lipinski definition) is 5. The maximum atomic E-state index is 12.0. The number of halogens is 1. The van der Waals surface area contributed by atoms with Crippen LogP contribution < -0.4 is 15.6 Å². The van der Waals surface area contributed by atoms with Crippen molar-refractivity contribution in [3.63, 3.8) is 0 Å². The van der Waals surface area contributed by atoms with E-state index >= 15 is 0 Å². The number of hydrazine groups is 1. The maximum Gasteiger partial charge on any atom is 0.276 e. The molecule has 0 saturated carbocycles. The van der Waals surface area contributed by atoms with Crippen molar-refractivity contribution >= 4 is 29.1 Å². The predicted octanol–water partition coefficient (Wildman–Crippen LogP) is 2.71. The standard InChI is InChI=1S/C17H16ClN3O5/c1-10-7-12(3-5-14(10)21(24)25)17(23)20-19-16(22)9-26-15-6-4-13(18)8-11(15)2/h3-8H,9H2,1-2H3,(H,19,22)(H,20,23). The number of nitrogens with one attached hydrogen (secondary N) is 2. The predicted molar refractivity (Wildman–Crippen MR) is 95.1 cm³/mol. The van der Waals surface area contributed by atoms with E-state index in [0.717, 1.165) is 5.56 Å². The summed E-state index contributed by atoms with van der Waals surface area (Å²) in [6, 6.07) is 8.89. The molecular formula is C17H16ClN3O5. The highest BCUT2D eigenvalue weighted by Crippen LogP contribution is 2.21. The molecule has 0 saturated heterocycles. The van der Waals surface area contributed by atoms with Crippen LogP contribution in [0.25, 0.3) is 0 Å². The third kappa shape index (κ3) is 4.93. The second-order valence-electron chi connectivity index (χ2n) is 5.46. The summed E-state index contributed by atoms with van der Waals surface area (Å²) >= 11 is 5.84. The Balaban J connectivity index is 1.87. The molecule has 0 radical (unpaired) electrons. The first kappa shape index (κ1) is 19.2. The molecular weight excluding hydrogens is 362 g/mol. The van der Waals surface area contributed by atoms with Gasteiger partial charge >= 0.3 is 0 Å². The van der Waals surface area contributed by atoms with E-state index in [2.05, 4.69) is 10.9 Å². The van der Waals surface area contributed by atoms with Gasteiger partial charge in [0.2, 0.25) is 0 Å². The first-order valence-electron chi connectivity index (χ1n) is 7.51. The van der Waals surface area contributed by atoms with Crippen LogP contribution in [0.4, 0.5) is 5.69 Å². The highest BCUT2D eigenvalue weighted by molar-refractivity contribution is 6.30. The van der Waals surface area contributed by atoms with Gasteiger partial charge in [-0.1, -0.05) is 11.6 Å². The smallest absolute Gasteiger partial charge is 0.276 e. The monoisotopic (exact) mass is 377 g/mol. The van der Waals surface area contributed by atoms with Crippen LogP contribution in [-0.4, -0.2) is 23.3 Å². The van der Waals surface area contributed by atoms with E-state index in [0.29, 0.717) is 16.3 Å². The minimum Gasteiger partial charge on any atom is -0.483 e. The first-order valence-corrected chi connectivity index (χ1v) is 7.89. The summed E-state index contributed by atoms with van der Waals surface area (Å²) in [5.74, 6) is -0.660. The molecule has 2 aromatic rings. The van der Waals surface area contributed by atoms with Gasteiger partial charge in [-0.2, -0.15) is 0 Å². The molecule has 2 aromatic carbocycles. The molecule has 0 aliphatic heterocycles. The Kier molecular flexibility index (Phi) is 6.13. The topological polar surface area (TPSA) is 111 Å². The third-order valence-electron chi connectivity index (χ3n) is 3.47. The van der Waals surface area contributed by atoms with Crippen LogP contribution in [0.1, 0.15) is 21.5 Å². The van der Waals surface area contributed by atoms with Gasteiger partial charge in [0.25, 0.3) is 17.5 Å².